The molecule has 0 saturated carbocycles. The van der Waals surface area contributed by atoms with Crippen molar-refractivity contribution in [2.45, 2.75) is 0 Å². The summed E-state index contributed by atoms with van der Waals surface area (Å²) in [7, 11) is 0. The second-order valence-corrected chi connectivity index (χ2v) is 5.45. The van der Waals surface area contributed by atoms with Gasteiger partial charge in [0.15, 0.2) is 0 Å². The monoisotopic (exact) mass is 309 g/mol. The quantitative estimate of drug-likeness (QED) is 0.568. The van der Waals surface area contributed by atoms with Gasteiger partial charge in [0, 0.05) is 34.3 Å². The van der Waals surface area contributed by atoms with Crippen LogP contribution in [0.2, 0.25) is 0 Å². The Morgan fingerprint density at radius 3 is 1.00 bits per heavy atom. The molecule has 0 unspecified atom stereocenters. The predicted octanol–water partition coefficient (Wildman–Crippen LogP) is 0.173. The van der Waals surface area contributed by atoms with Crippen LogP contribution < -0.4 is 31.7 Å². The summed E-state index contributed by atoms with van der Waals surface area (Å²) in [6.07, 6.45) is 5.56. The van der Waals surface area contributed by atoms with E-state index < -0.39 is 0 Å². The number of benzene rings is 3. The SMILES string of the molecule is C1=c2ccccc2=NC=c2ccccc2=NC=c2ccccc2=N1. The van der Waals surface area contributed by atoms with E-state index in [4.69, 9.17) is 0 Å². The molecule has 3 aromatic rings. The van der Waals surface area contributed by atoms with Crippen molar-refractivity contribution < 1.29 is 0 Å². The van der Waals surface area contributed by atoms with E-state index in [0.29, 0.717) is 0 Å². The molecule has 0 amide bonds. The highest BCUT2D eigenvalue weighted by molar-refractivity contribution is 5.30. The van der Waals surface area contributed by atoms with Gasteiger partial charge in [-0.05, 0) is 18.2 Å². The largest absolute Gasteiger partial charge is 0.256 e. The van der Waals surface area contributed by atoms with Crippen molar-refractivity contribution in [3.63, 3.8) is 0 Å². The van der Waals surface area contributed by atoms with Gasteiger partial charge in [0.2, 0.25) is 0 Å². The minimum absolute atomic E-state index is 0.887. The molecule has 4 rings (SSSR count). The molecule has 0 atom stereocenters. The van der Waals surface area contributed by atoms with E-state index in [-0.39, 0.29) is 0 Å². The predicted molar refractivity (Wildman–Crippen MR) is 95.1 cm³/mol. The molecule has 1 aliphatic rings. The van der Waals surface area contributed by atoms with Gasteiger partial charge < -0.3 is 0 Å². The van der Waals surface area contributed by atoms with Gasteiger partial charge in [0.25, 0.3) is 0 Å². The maximum absolute atomic E-state index is 4.63. The zero-order valence-electron chi connectivity index (χ0n) is 13.0. The molecule has 3 nitrogen and oxygen atoms in total. The van der Waals surface area contributed by atoms with E-state index in [1.165, 1.54) is 0 Å². The first kappa shape index (κ1) is 14.3. The molecule has 0 fully saturated rings. The molecule has 0 bridgehead atoms. The van der Waals surface area contributed by atoms with Gasteiger partial charge >= 0.3 is 0 Å². The van der Waals surface area contributed by atoms with Crippen molar-refractivity contribution in [1.29, 1.82) is 0 Å². The second kappa shape index (κ2) is 6.42. The highest BCUT2D eigenvalue weighted by Gasteiger charge is 1.89. The van der Waals surface area contributed by atoms with E-state index in [0.717, 1.165) is 31.7 Å². The van der Waals surface area contributed by atoms with E-state index in [1.54, 1.807) is 0 Å². The smallest absolute Gasteiger partial charge is 0.0717 e. The van der Waals surface area contributed by atoms with Crippen molar-refractivity contribution in [1.82, 2.24) is 0 Å². The first-order valence-corrected chi connectivity index (χ1v) is 7.79. The van der Waals surface area contributed by atoms with Gasteiger partial charge in [-0.3, -0.25) is 15.0 Å². The zero-order valence-corrected chi connectivity index (χ0v) is 13.0. The fraction of sp³-hybridized carbons (Fsp3) is 0. The van der Waals surface area contributed by atoms with Crippen LogP contribution in [0.5, 0.6) is 0 Å². The van der Waals surface area contributed by atoms with Crippen molar-refractivity contribution in [2.75, 3.05) is 0 Å². The van der Waals surface area contributed by atoms with E-state index >= 15 is 0 Å². The number of rotatable bonds is 0. The summed E-state index contributed by atoms with van der Waals surface area (Å²) in [6.45, 7) is 0. The number of hydrogen-bond acceptors (Lipinski definition) is 3. The molecule has 3 heteroatoms. The fourth-order valence-corrected chi connectivity index (χ4v) is 2.56. The molecule has 114 valence electrons. The maximum atomic E-state index is 4.63. The molecule has 0 spiro atoms. The third kappa shape index (κ3) is 2.92. The number of para-hydroxylation sites is 3. The molecule has 3 aromatic carbocycles. The number of nitrogens with zero attached hydrogens (tertiary/aromatic N) is 3. The Labute approximate surface area is 138 Å². The van der Waals surface area contributed by atoms with Crippen molar-refractivity contribution in [3.8, 4) is 0 Å². The van der Waals surface area contributed by atoms with Gasteiger partial charge in [-0.1, -0.05) is 54.6 Å². The normalized spacial score (nSPS) is 12.5. The number of fused-ring (bicyclic) bond motifs is 3. The van der Waals surface area contributed by atoms with Crippen LogP contribution in [0.4, 0.5) is 0 Å². The van der Waals surface area contributed by atoms with Crippen LogP contribution in [-0.4, -0.2) is 0 Å². The average molecular weight is 309 g/mol. The van der Waals surface area contributed by atoms with Crippen LogP contribution >= 0.6 is 0 Å². The van der Waals surface area contributed by atoms with Crippen molar-refractivity contribution in [3.05, 3.63) is 105 Å². The first-order chi connectivity index (χ1) is 11.9. The standard InChI is InChI=1S/C21H15N3/c1-4-10-19-16(7-1)13-22-20-11-5-2-9-18(20)15-24-21-12-6-3-8-17(21)14-23-19/h1-15H. The summed E-state index contributed by atoms with van der Waals surface area (Å²) in [5.41, 5.74) is 0. The molecule has 0 saturated heterocycles. The first-order valence-electron chi connectivity index (χ1n) is 7.79. The van der Waals surface area contributed by atoms with E-state index in [9.17, 15) is 0 Å². The Morgan fingerprint density at radius 1 is 0.375 bits per heavy atom. The van der Waals surface area contributed by atoms with Crippen LogP contribution in [-0.2, 0) is 0 Å². The summed E-state index contributed by atoms with van der Waals surface area (Å²) in [5.74, 6) is 0. The lowest BCUT2D eigenvalue weighted by Gasteiger charge is -1.92. The highest BCUT2D eigenvalue weighted by atomic mass is 14.7. The van der Waals surface area contributed by atoms with Gasteiger partial charge in [-0.2, -0.15) is 0 Å². The number of hydrogen-bond donors (Lipinski definition) is 0. The maximum Gasteiger partial charge on any atom is 0.0717 e. The Morgan fingerprint density at radius 2 is 0.667 bits per heavy atom. The summed E-state index contributed by atoms with van der Waals surface area (Å²) >= 11 is 0. The summed E-state index contributed by atoms with van der Waals surface area (Å²) in [5, 5.41) is 5.62. The molecule has 0 aromatic heterocycles. The van der Waals surface area contributed by atoms with Crippen LogP contribution in [0.1, 0.15) is 0 Å². The lowest BCUT2D eigenvalue weighted by molar-refractivity contribution is 1.27. The van der Waals surface area contributed by atoms with Crippen LogP contribution in [0.25, 0.3) is 18.6 Å². The highest BCUT2D eigenvalue weighted by Crippen LogP contribution is 1.79. The lowest BCUT2D eigenvalue weighted by atomic mass is 10.2. The Kier molecular flexibility index (Phi) is 3.82. The van der Waals surface area contributed by atoms with Crippen LogP contribution in [0.3, 0.4) is 0 Å². The van der Waals surface area contributed by atoms with Gasteiger partial charge in [-0.15, -0.1) is 0 Å². The average Bonchev–Trinajstić information content (AvgIpc) is 2.64. The van der Waals surface area contributed by atoms with Gasteiger partial charge in [-0.25, -0.2) is 0 Å². The molecule has 1 heterocycles. The fourth-order valence-electron chi connectivity index (χ4n) is 2.56. The minimum atomic E-state index is 0.887. The summed E-state index contributed by atoms with van der Waals surface area (Å²) in [4.78, 5) is 13.9. The molecular weight excluding hydrogens is 294 g/mol. The third-order valence-electron chi connectivity index (χ3n) is 3.84. The summed E-state index contributed by atoms with van der Waals surface area (Å²) < 4.78 is 0. The zero-order chi connectivity index (χ0) is 16.2. The molecule has 0 radical (unpaired) electrons. The van der Waals surface area contributed by atoms with Crippen molar-refractivity contribution >= 4 is 18.6 Å². The molecule has 0 aliphatic carbocycles. The van der Waals surface area contributed by atoms with Gasteiger partial charge in [0.1, 0.15) is 0 Å². The molecule has 1 aliphatic heterocycles. The Hall–Kier alpha value is -3.33. The van der Waals surface area contributed by atoms with Crippen molar-refractivity contribution in [2.24, 2.45) is 15.0 Å². The molecule has 24 heavy (non-hydrogen) atoms. The molecular formula is C21H15N3. The second-order valence-electron chi connectivity index (χ2n) is 5.45. The van der Waals surface area contributed by atoms with Crippen LogP contribution in [0.15, 0.2) is 87.8 Å². The Balaban J connectivity index is 2.22. The lowest BCUT2D eigenvalue weighted by Crippen LogP contribution is -2.29. The van der Waals surface area contributed by atoms with Crippen LogP contribution in [0, 0.1) is 0 Å². The topological polar surface area (TPSA) is 37.1 Å². The Bertz CT molecular complexity index is 996. The molecule has 0 N–H and O–H groups in total. The summed E-state index contributed by atoms with van der Waals surface area (Å²) in [6, 6.07) is 23.9. The third-order valence-corrected chi connectivity index (χ3v) is 3.84. The van der Waals surface area contributed by atoms with E-state index in [2.05, 4.69) is 15.0 Å². The minimum Gasteiger partial charge on any atom is -0.256 e. The van der Waals surface area contributed by atoms with E-state index in [1.807, 2.05) is 91.4 Å². The van der Waals surface area contributed by atoms with Gasteiger partial charge in [0.05, 0.1) is 16.1 Å².